The van der Waals surface area contributed by atoms with E-state index in [2.05, 4.69) is 17.1 Å². The Balaban J connectivity index is 1.54. The molecule has 0 amide bonds. The van der Waals surface area contributed by atoms with Crippen molar-refractivity contribution in [2.24, 2.45) is 0 Å². The summed E-state index contributed by atoms with van der Waals surface area (Å²) in [6.07, 6.45) is 4.99. The molecule has 0 bridgehead atoms. The summed E-state index contributed by atoms with van der Waals surface area (Å²) in [6, 6.07) is 19.7. The SMILES string of the molecule is O=S1(=O)CC[C@@H](c2c[nH]c3ccc(-c4ccco4)cc23)C[C@H]1c1ccccc1. The van der Waals surface area contributed by atoms with E-state index in [-0.39, 0.29) is 11.7 Å². The Hall–Kier alpha value is -2.79. The number of aromatic nitrogens is 1. The number of hydrogen-bond donors (Lipinski definition) is 1. The Bertz CT molecular complexity index is 1210. The quantitative estimate of drug-likeness (QED) is 0.504. The molecule has 1 saturated heterocycles. The molecule has 28 heavy (non-hydrogen) atoms. The molecule has 142 valence electrons. The van der Waals surface area contributed by atoms with Crippen molar-refractivity contribution in [3.63, 3.8) is 0 Å². The van der Waals surface area contributed by atoms with Crippen molar-refractivity contribution in [3.05, 3.63) is 84.3 Å². The van der Waals surface area contributed by atoms with Crippen LogP contribution in [0.25, 0.3) is 22.2 Å². The van der Waals surface area contributed by atoms with E-state index in [4.69, 9.17) is 4.42 Å². The molecule has 2 aromatic carbocycles. The third-order valence-electron chi connectivity index (χ3n) is 5.81. The molecule has 5 heteroatoms. The molecule has 1 aliphatic rings. The Labute approximate surface area is 164 Å². The fourth-order valence-electron chi connectivity index (χ4n) is 4.34. The minimum atomic E-state index is -3.12. The number of nitrogens with one attached hydrogen (secondary N) is 1. The second-order valence-electron chi connectivity index (χ2n) is 7.47. The predicted octanol–water partition coefficient (Wildman–Crippen LogP) is 5.46. The zero-order valence-electron chi connectivity index (χ0n) is 15.3. The molecule has 4 aromatic rings. The number of furan rings is 1. The van der Waals surface area contributed by atoms with Gasteiger partial charge < -0.3 is 9.40 Å². The van der Waals surface area contributed by atoms with Crippen LogP contribution in [0, 0.1) is 0 Å². The first-order valence-corrected chi connectivity index (χ1v) is 11.2. The third-order valence-corrected chi connectivity index (χ3v) is 7.95. The molecule has 2 atom stereocenters. The van der Waals surface area contributed by atoms with Crippen molar-refractivity contribution in [3.8, 4) is 11.3 Å². The number of benzene rings is 2. The van der Waals surface area contributed by atoms with E-state index in [0.29, 0.717) is 12.8 Å². The lowest BCUT2D eigenvalue weighted by atomic mass is 9.89. The summed E-state index contributed by atoms with van der Waals surface area (Å²) in [6.45, 7) is 0. The van der Waals surface area contributed by atoms with Crippen molar-refractivity contribution in [1.29, 1.82) is 0 Å². The van der Waals surface area contributed by atoms with E-state index in [9.17, 15) is 8.42 Å². The Kier molecular flexibility index (Phi) is 4.13. The average Bonchev–Trinajstić information content (AvgIpc) is 3.38. The van der Waals surface area contributed by atoms with Gasteiger partial charge in [-0.3, -0.25) is 0 Å². The topological polar surface area (TPSA) is 63.1 Å². The van der Waals surface area contributed by atoms with Crippen LogP contribution in [0.5, 0.6) is 0 Å². The molecular weight excluding hydrogens is 370 g/mol. The van der Waals surface area contributed by atoms with Crippen LogP contribution < -0.4 is 0 Å². The van der Waals surface area contributed by atoms with Crippen LogP contribution in [0.15, 0.2) is 77.5 Å². The van der Waals surface area contributed by atoms with Gasteiger partial charge in [-0.15, -0.1) is 0 Å². The highest BCUT2D eigenvalue weighted by Gasteiger charge is 2.36. The Morgan fingerprint density at radius 3 is 2.64 bits per heavy atom. The number of sulfone groups is 1. The molecule has 1 fully saturated rings. The standard InChI is InChI=1S/C23H21NO3S/c25-28(26)12-10-17(14-23(28)16-5-2-1-3-6-16)20-15-24-21-9-8-18(13-19(20)21)22-7-4-11-27-22/h1-9,11,13,15,17,23-24H,10,12,14H2/t17-,23+/m1/s1. The van der Waals surface area contributed by atoms with E-state index in [1.165, 1.54) is 5.56 Å². The first-order chi connectivity index (χ1) is 13.6. The van der Waals surface area contributed by atoms with Gasteiger partial charge in [-0.2, -0.15) is 0 Å². The molecule has 5 rings (SSSR count). The minimum Gasteiger partial charge on any atom is -0.464 e. The van der Waals surface area contributed by atoms with Crippen LogP contribution in [0.3, 0.4) is 0 Å². The molecule has 0 unspecified atom stereocenters. The lowest BCUT2D eigenvalue weighted by Gasteiger charge is -2.29. The van der Waals surface area contributed by atoms with Crippen molar-refractivity contribution >= 4 is 20.7 Å². The van der Waals surface area contributed by atoms with Gasteiger partial charge in [0.05, 0.1) is 17.3 Å². The van der Waals surface area contributed by atoms with E-state index >= 15 is 0 Å². The zero-order chi connectivity index (χ0) is 19.1. The molecule has 0 saturated carbocycles. The van der Waals surface area contributed by atoms with Crippen LogP contribution in [0.1, 0.15) is 35.1 Å². The van der Waals surface area contributed by atoms with Gasteiger partial charge in [0.2, 0.25) is 0 Å². The highest BCUT2D eigenvalue weighted by molar-refractivity contribution is 7.91. The maximum atomic E-state index is 12.8. The number of hydrogen-bond acceptors (Lipinski definition) is 3. The molecule has 2 aromatic heterocycles. The molecule has 4 nitrogen and oxygen atoms in total. The summed E-state index contributed by atoms with van der Waals surface area (Å²) >= 11 is 0. The van der Waals surface area contributed by atoms with E-state index in [0.717, 1.165) is 27.8 Å². The molecule has 0 aliphatic carbocycles. The van der Waals surface area contributed by atoms with Crippen LogP contribution in [0.2, 0.25) is 0 Å². The highest BCUT2D eigenvalue weighted by atomic mass is 32.2. The van der Waals surface area contributed by atoms with Gasteiger partial charge in [-0.05, 0) is 60.2 Å². The van der Waals surface area contributed by atoms with Gasteiger partial charge in [0.1, 0.15) is 5.76 Å². The summed E-state index contributed by atoms with van der Waals surface area (Å²) in [5.41, 5.74) is 4.18. The molecule has 0 spiro atoms. The molecule has 0 radical (unpaired) electrons. The van der Waals surface area contributed by atoms with Crippen LogP contribution >= 0.6 is 0 Å². The largest absolute Gasteiger partial charge is 0.464 e. The summed E-state index contributed by atoms with van der Waals surface area (Å²) in [4.78, 5) is 3.35. The van der Waals surface area contributed by atoms with Gasteiger partial charge in [0.15, 0.2) is 9.84 Å². The summed E-state index contributed by atoms with van der Waals surface area (Å²) < 4.78 is 31.0. The van der Waals surface area contributed by atoms with Crippen LogP contribution in [-0.2, 0) is 9.84 Å². The first kappa shape index (κ1) is 17.3. The monoisotopic (exact) mass is 391 g/mol. The van der Waals surface area contributed by atoms with Gasteiger partial charge >= 0.3 is 0 Å². The van der Waals surface area contributed by atoms with Crippen LogP contribution in [-0.4, -0.2) is 19.2 Å². The molecular formula is C23H21NO3S. The summed E-state index contributed by atoms with van der Waals surface area (Å²) in [5.74, 6) is 1.26. The highest BCUT2D eigenvalue weighted by Crippen LogP contribution is 2.43. The Morgan fingerprint density at radius 1 is 1.00 bits per heavy atom. The smallest absolute Gasteiger partial charge is 0.157 e. The molecule has 3 heterocycles. The van der Waals surface area contributed by atoms with Crippen molar-refractivity contribution < 1.29 is 12.8 Å². The lowest BCUT2D eigenvalue weighted by Crippen LogP contribution is -2.26. The van der Waals surface area contributed by atoms with Gasteiger partial charge in [0, 0.05) is 22.7 Å². The second kappa shape index (κ2) is 6.67. The summed E-state index contributed by atoms with van der Waals surface area (Å²) in [7, 11) is -3.12. The number of fused-ring (bicyclic) bond motifs is 1. The second-order valence-corrected chi connectivity index (χ2v) is 9.77. The number of rotatable bonds is 3. The fraction of sp³-hybridized carbons (Fsp3) is 0.217. The van der Waals surface area contributed by atoms with Gasteiger partial charge in [0.25, 0.3) is 0 Å². The zero-order valence-corrected chi connectivity index (χ0v) is 16.2. The minimum absolute atomic E-state index is 0.203. The van der Waals surface area contributed by atoms with E-state index < -0.39 is 15.1 Å². The van der Waals surface area contributed by atoms with E-state index in [1.54, 1.807) is 6.26 Å². The third kappa shape index (κ3) is 2.96. The summed E-state index contributed by atoms with van der Waals surface area (Å²) in [5, 5.41) is 0.704. The predicted molar refractivity (Wildman–Crippen MR) is 111 cm³/mol. The first-order valence-electron chi connectivity index (χ1n) is 9.53. The lowest BCUT2D eigenvalue weighted by molar-refractivity contribution is 0.513. The normalized spacial score (nSPS) is 21.7. The number of H-pyrrole nitrogens is 1. The van der Waals surface area contributed by atoms with E-state index in [1.807, 2.05) is 54.7 Å². The fourth-order valence-corrected chi connectivity index (χ4v) is 6.34. The Morgan fingerprint density at radius 2 is 1.86 bits per heavy atom. The average molecular weight is 391 g/mol. The molecule has 1 aliphatic heterocycles. The van der Waals surface area contributed by atoms with Gasteiger partial charge in [-0.25, -0.2) is 8.42 Å². The number of aromatic amines is 1. The van der Waals surface area contributed by atoms with Crippen LogP contribution in [0.4, 0.5) is 0 Å². The van der Waals surface area contributed by atoms with Gasteiger partial charge in [-0.1, -0.05) is 30.3 Å². The molecule has 1 N–H and O–H groups in total. The maximum absolute atomic E-state index is 12.8. The maximum Gasteiger partial charge on any atom is 0.157 e. The van der Waals surface area contributed by atoms with Crippen molar-refractivity contribution in [2.45, 2.75) is 24.0 Å². The van der Waals surface area contributed by atoms with Crippen molar-refractivity contribution in [1.82, 2.24) is 4.98 Å². The van der Waals surface area contributed by atoms with Crippen molar-refractivity contribution in [2.75, 3.05) is 5.75 Å².